The largest absolute Gasteiger partial charge is 0.573 e. The Bertz CT molecular complexity index is 1010. The second-order valence-electron chi connectivity index (χ2n) is 7.77. The second-order valence-corrected chi connectivity index (χ2v) is 7.77. The Morgan fingerprint density at radius 2 is 1.36 bits per heavy atom. The highest BCUT2D eigenvalue weighted by atomic mass is 19.4. The van der Waals surface area contributed by atoms with Crippen LogP contribution in [0.3, 0.4) is 0 Å². The van der Waals surface area contributed by atoms with Crippen molar-refractivity contribution in [2.45, 2.75) is 31.9 Å². The monoisotopic (exact) mass is 459 g/mol. The molecule has 1 aliphatic heterocycles. The number of hydrogen-bond acceptors (Lipinski definition) is 5. The maximum Gasteiger partial charge on any atom is 0.573 e. The molecule has 4 rings (SSSR count). The molecule has 1 aliphatic rings. The number of anilines is 1. The molecule has 0 radical (unpaired) electrons. The number of phenolic OH excluding ortho intramolecular Hbond substituents is 1. The van der Waals surface area contributed by atoms with E-state index in [9.17, 15) is 18.3 Å². The molecule has 174 valence electrons. The Morgan fingerprint density at radius 3 is 1.97 bits per heavy atom. The van der Waals surface area contributed by atoms with E-state index in [0.29, 0.717) is 5.75 Å². The predicted molar refractivity (Wildman–Crippen MR) is 118 cm³/mol. The quantitative estimate of drug-likeness (QED) is 0.476. The van der Waals surface area contributed by atoms with Gasteiger partial charge in [-0.3, -0.25) is 0 Å². The van der Waals surface area contributed by atoms with Gasteiger partial charge in [-0.2, -0.15) is 0 Å². The van der Waals surface area contributed by atoms with Gasteiger partial charge in [-0.25, -0.2) is 0 Å². The highest BCUT2D eigenvalue weighted by Crippen LogP contribution is 2.27. The van der Waals surface area contributed by atoms with Crippen molar-refractivity contribution in [2.24, 2.45) is 0 Å². The predicted octanol–water partition coefficient (Wildman–Crippen LogP) is 5.92. The summed E-state index contributed by atoms with van der Waals surface area (Å²) in [6.07, 6.45) is -2.78. The number of piperidine rings is 1. The fourth-order valence-electron chi connectivity index (χ4n) is 3.66. The number of hydrogen-bond donors (Lipinski definition) is 1. The Kier molecular flexibility index (Phi) is 6.82. The van der Waals surface area contributed by atoms with Crippen LogP contribution in [-0.2, 0) is 6.61 Å². The van der Waals surface area contributed by atoms with Crippen molar-refractivity contribution in [3.8, 4) is 23.0 Å². The molecule has 0 unspecified atom stereocenters. The molecular formula is C25H24F3NO4. The maximum absolute atomic E-state index is 12.2. The van der Waals surface area contributed by atoms with Gasteiger partial charge in [-0.1, -0.05) is 12.1 Å². The van der Waals surface area contributed by atoms with Crippen LogP contribution in [0, 0.1) is 0 Å². The van der Waals surface area contributed by atoms with Crippen molar-refractivity contribution >= 4 is 5.69 Å². The van der Waals surface area contributed by atoms with Crippen LogP contribution in [0.5, 0.6) is 23.0 Å². The van der Waals surface area contributed by atoms with Crippen LogP contribution < -0.4 is 19.1 Å². The Morgan fingerprint density at radius 1 is 0.788 bits per heavy atom. The van der Waals surface area contributed by atoms with Crippen LogP contribution in [0.4, 0.5) is 18.9 Å². The topological polar surface area (TPSA) is 51.2 Å². The fraction of sp³-hybridized carbons (Fsp3) is 0.280. The van der Waals surface area contributed by atoms with Crippen LogP contribution in [0.1, 0.15) is 18.4 Å². The summed E-state index contributed by atoms with van der Waals surface area (Å²) < 4.78 is 52.3. The molecule has 1 N–H and O–H groups in total. The van der Waals surface area contributed by atoms with Gasteiger partial charge in [0.25, 0.3) is 0 Å². The number of nitrogens with zero attached hydrogens (tertiary/aromatic N) is 1. The first kappa shape index (κ1) is 22.6. The highest BCUT2D eigenvalue weighted by molar-refractivity contribution is 5.49. The number of alkyl halides is 3. The van der Waals surface area contributed by atoms with Gasteiger partial charge in [-0.15, -0.1) is 13.2 Å². The summed E-state index contributed by atoms with van der Waals surface area (Å²) in [5, 5.41) is 9.43. The summed E-state index contributed by atoms with van der Waals surface area (Å²) in [4.78, 5) is 2.28. The lowest BCUT2D eigenvalue weighted by atomic mass is 10.1. The van der Waals surface area contributed by atoms with E-state index >= 15 is 0 Å². The average molecular weight is 459 g/mol. The Hall–Kier alpha value is -3.55. The maximum atomic E-state index is 12.2. The van der Waals surface area contributed by atoms with E-state index in [1.807, 2.05) is 36.4 Å². The molecule has 0 atom stereocenters. The lowest BCUT2D eigenvalue weighted by molar-refractivity contribution is -0.274. The van der Waals surface area contributed by atoms with Crippen molar-refractivity contribution in [2.75, 3.05) is 18.0 Å². The minimum absolute atomic E-state index is 0.127. The molecule has 33 heavy (non-hydrogen) atoms. The molecule has 0 bridgehead atoms. The molecule has 5 nitrogen and oxygen atoms in total. The number of rotatable bonds is 7. The SMILES string of the molecule is Oc1ccc(N2CCC(Oc3ccc(OCc4ccc(OC(F)(F)F)cc4)cc3)CC2)cc1. The smallest absolute Gasteiger partial charge is 0.508 e. The summed E-state index contributed by atoms with van der Waals surface area (Å²) in [5.74, 6) is 1.40. The highest BCUT2D eigenvalue weighted by Gasteiger charge is 2.31. The van der Waals surface area contributed by atoms with Crippen LogP contribution >= 0.6 is 0 Å². The fourth-order valence-corrected chi connectivity index (χ4v) is 3.66. The van der Waals surface area contributed by atoms with Crippen molar-refractivity contribution < 1.29 is 32.5 Å². The number of aromatic hydroxyl groups is 1. The van der Waals surface area contributed by atoms with Crippen molar-refractivity contribution in [3.63, 3.8) is 0 Å². The zero-order chi connectivity index (χ0) is 23.3. The van der Waals surface area contributed by atoms with E-state index in [1.165, 1.54) is 24.3 Å². The molecule has 3 aromatic carbocycles. The van der Waals surface area contributed by atoms with Gasteiger partial charge >= 0.3 is 6.36 Å². The van der Waals surface area contributed by atoms with Crippen LogP contribution in [-0.4, -0.2) is 30.7 Å². The van der Waals surface area contributed by atoms with E-state index in [0.717, 1.165) is 42.9 Å². The minimum Gasteiger partial charge on any atom is -0.508 e. The van der Waals surface area contributed by atoms with Gasteiger partial charge in [0.2, 0.25) is 0 Å². The second kappa shape index (κ2) is 9.94. The lowest BCUT2D eigenvalue weighted by Gasteiger charge is -2.33. The molecule has 0 amide bonds. The van der Waals surface area contributed by atoms with Crippen LogP contribution in [0.25, 0.3) is 0 Å². The Labute approximate surface area is 189 Å². The lowest BCUT2D eigenvalue weighted by Crippen LogP contribution is -2.38. The summed E-state index contributed by atoms with van der Waals surface area (Å²) in [5.41, 5.74) is 1.82. The normalized spacial score (nSPS) is 14.7. The molecule has 1 saturated heterocycles. The first-order valence-corrected chi connectivity index (χ1v) is 10.6. The van der Waals surface area contributed by atoms with Gasteiger partial charge in [-0.05, 0) is 66.2 Å². The van der Waals surface area contributed by atoms with E-state index in [4.69, 9.17) is 9.47 Å². The van der Waals surface area contributed by atoms with E-state index in [-0.39, 0.29) is 24.2 Å². The molecule has 3 aromatic rings. The first-order chi connectivity index (χ1) is 15.8. The number of phenols is 1. The third-order valence-electron chi connectivity index (χ3n) is 5.35. The molecule has 0 spiro atoms. The van der Waals surface area contributed by atoms with E-state index < -0.39 is 6.36 Å². The van der Waals surface area contributed by atoms with Gasteiger partial charge in [0.05, 0.1) is 0 Å². The van der Waals surface area contributed by atoms with Crippen LogP contribution in [0.2, 0.25) is 0 Å². The molecule has 1 heterocycles. The molecule has 0 aromatic heterocycles. The van der Waals surface area contributed by atoms with Crippen molar-refractivity contribution in [1.82, 2.24) is 0 Å². The first-order valence-electron chi connectivity index (χ1n) is 10.6. The average Bonchev–Trinajstić information content (AvgIpc) is 2.80. The van der Waals surface area contributed by atoms with Crippen LogP contribution in [0.15, 0.2) is 72.8 Å². The molecular weight excluding hydrogens is 435 g/mol. The standard InChI is InChI=1S/C25H24F3NO4/c26-25(27,28)33-24-7-1-18(2-8-24)17-31-21-9-11-22(12-10-21)32-23-13-15-29(16-14-23)19-3-5-20(30)6-4-19/h1-12,23,30H,13-17H2. The number of halogens is 3. The minimum atomic E-state index is -4.70. The van der Waals surface area contributed by atoms with E-state index in [1.54, 1.807) is 12.1 Å². The molecule has 0 aliphatic carbocycles. The zero-order valence-electron chi connectivity index (χ0n) is 17.8. The van der Waals surface area contributed by atoms with Crippen molar-refractivity contribution in [1.29, 1.82) is 0 Å². The molecule has 0 saturated carbocycles. The van der Waals surface area contributed by atoms with Gasteiger partial charge < -0.3 is 24.2 Å². The van der Waals surface area contributed by atoms with Gasteiger partial charge in [0, 0.05) is 31.6 Å². The third-order valence-corrected chi connectivity index (χ3v) is 5.35. The third kappa shape index (κ3) is 6.71. The van der Waals surface area contributed by atoms with Crippen molar-refractivity contribution in [3.05, 3.63) is 78.4 Å². The summed E-state index contributed by atoms with van der Waals surface area (Å²) in [6, 6.07) is 20.1. The molecule has 8 heteroatoms. The van der Waals surface area contributed by atoms with Gasteiger partial charge in [0.15, 0.2) is 0 Å². The summed E-state index contributed by atoms with van der Waals surface area (Å²) in [7, 11) is 0. The van der Waals surface area contributed by atoms with Gasteiger partial charge in [0.1, 0.15) is 35.7 Å². The Balaban J connectivity index is 1.22. The number of benzene rings is 3. The number of ether oxygens (including phenoxy) is 3. The summed E-state index contributed by atoms with van der Waals surface area (Å²) >= 11 is 0. The van der Waals surface area contributed by atoms with E-state index in [2.05, 4.69) is 9.64 Å². The molecule has 1 fully saturated rings. The zero-order valence-corrected chi connectivity index (χ0v) is 17.8. The summed E-state index contributed by atoms with van der Waals surface area (Å²) in [6.45, 7) is 1.98.